The minimum Gasteiger partial charge on any atom is -0.483 e. The van der Waals surface area contributed by atoms with Crippen molar-refractivity contribution in [3.05, 3.63) is 76.7 Å². The zero-order valence-corrected chi connectivity index (χ0v) is 23.1. The molecule has 214 valence electrons. The molecule has 41 heavy (non-hydrogen) atoms. The maximum absolute atomic E-state index is 14.0. The molecule has 2 saturated heterocycles. The summed E-state index contributed by atoms with van der Waals surface area (Å²) in [5, 5.41) is 13.3. The summed E-state index contributed by atoms with van der Waals surface area (Å²) in [4.78, 5) is 27.6. The van der Waals surface area contributed by atoms with Crippen LogP contribution in [0.2, 0.25) is 5.02 Å². The van der Waals surface area contributed by atoms with Gasteiger partial charge in [0.05, 0.1) is 35.8 Å². The van der Waals surface area contributed by atoms with Crippen molar-refractivity contribution >= 4 is 34.4 Å². The van der Waals surface area contributed by atoms with E-state index in [0.29, 0.717) is 29.8 Å². The summed E-state index contributed by atoms with van der Waals surface area (Å²) in [6.45, 7) is 3.88. The van der Waals surface area contributed by atoms with Gasteiger partial charge in [0.25, 0.3) is 0 Å². The smallest absolute Gasteiger partial charge is 0.335 e. The van der Waals surface area contributed by atoms with E-state index in [0.717, 1.165) is 55.8 Å². The number of benzene rings is 2. The fourth-order valence-electron chi connectivity index (χ4n) is 5.19. The van der Waals surface area contributed by atoms with Crippen molar-refractivity contribution in [2.24, 2.45) is 0 Å². The van der Waals surface area contributed by atoms with Crippen molar-refractivity contribution in [1.29, 1.82) is 0 Å². The van der Waals surface area contributed by atoms with Crippen molar-refractivity contribution in [1.82, 2.24) is 24.4 Å². The molecule has 2 aromatic heterocycles. The number of rotatable bonds is 10. The molecule has 2 fully saturated rings. The van der Waals surface area contributed by atoms with Gasteiger partial charge in [-0.3, -0.25) is 4.90 Å². The highest BCUT2D eigenvalue weighted by Crippen LogP contribution is 2.25. The van der Waals surface area contributed by atoms with Crippen LogP contribution in [0.3, 0.4) is 0 Å². The number of piperidine rings is 1. The molecular formula is C29H30ClFN6O4. The summed E-state index contributed by atoms with van der Waals surface area (Å²) in [5.41, 5.74) is 1.88. The lowest BCUT2D eigenvalue weighted by Gasteiger charge is -2.33. The first-order valence-corrected chi connectivity index (χ1v) is 14.0. The Morgan fingerprint density at radius 3 is 2.71 bits per heavy atom. The molecule has 0 amide bonds. The van der Waals surface area contributed by atoms with E-state index in [2.05, 4.69) is 24.8 Å². The summed E-state index contributed by atoms with van der Waals surface area (Å²) >= 11 is 5.80. The molecule has 2 aliphatic heterocycles. The Hall–Kier alpha value is -3.80. The Kier molecular flexibility index (Phi) is 8.00. The Balaban J connectivity index is 1.06. The van der Waals surface area contributed by atoms with Gasteiger partial charge < -0.3 is 24.5 Å². The highest BCUT2D eigenvalue weighted by atomic mass is 35.5. The van der Waals surface area contributed by atoms with Crippen LogP contribution in [-0.4, -0.2) is 67.3 Å². The van der Waals surface area contributed by atoms with Gasteiger partial charge in [-0.15, -0.1) is 0 Å². The summed E-state index contributed by atoms with van der Waals surface area (Å²) in [6, 6.07) is 11.4. The third-order valence-corrected chi connectivity index (χ3v) is 7.75. The van der Waals surface area contributed by atoms with Gasteiger partial charge in [-0.25, -0.2) is 24.1 Å². The molecule has 1 unspecified atom stereocenters. The van der Waals surface area contributed by atoms with Gasteiger partial charge in [0.15, 0.2) is 17.4 Å². The number of anilines is 1. The van der Waals surface area contributed by atoms with Crippen LogP contribution in [0.4, 0.5) is 10.2 Å². The van der Waals surface area contributed by atoms with Crippen molar-refractivity contribution in [2.75, 3.05) is 25.0 Å². The SMILES string of the molecule is O=C(O)c1ccc2nc(CN3CCC(Nc4ccnc(COc5ccc(Cl)cc5F)n4)CC3)n(CC3CCO3)c2c1. The number of aromatic nitrogens is 4. The molecular weight excluding hydrogens is 551 g/mol. The zero-order chi connectivity index (χ0) is 28.3. The fourth-order valence-corrected chi connectivity index (χ4v) is 5.35. The number of nitrogens with one attached hydrogen (secondary N) is 1. The molecule has 2 aliphatic rings. The Morgan fingerprint density at radius 1 is 1.15 bits per heavy atom. The lowest BCUT2D eigenvalue weighted by Crippen LogP contribution is -2.39. The van der Waals surface area contributed by atoms with E-state index in [9.17, 15) is 14.3 Å². The first-order valence-electron chi connectivity index (χ1n) is 13.6. The van der Waals surface area contributed by atoms with Crippen LogP contribution in [0.1, 0.15) is 41.3 Å². The van der Waals surface area contributed by atoms with E-state index in [-0.39, 0.29) is 30.1 Å². The Labute approximate surface area is 241 Å². The topological polar surface area (TPSA) is 115 Å². The number of halogens is 2. The molecule has 4 heterocycles. The highest BCUT2D eigenvalue weighted by molar-refractivity contribution is 6.30. The predicted octanol–water partition coefficient (Wildman–Crippen LogP) is 4.76. The minimum atomic E-state index is -0.950. The van der Waals surface area contributed by atoms with Crippen molar-refractivity contribution in [3.63, 3.8) is 0 Å². The fraction of sp³-hybridized carbons (Fsp3) is 0.379. The van der Waals surface area contributed by atoms with Gasteiger partial charge >= 0.3 is 5.97 Å². The van der Waals surface area contributed by atoms with Crippen LogP contribution in [0, 0.1) is 5.82 Å². The zero-order valence-electron chi connectivity index (χ0n) is 22.3. The summed E-state index contributed by atoms with van der Waals surface area (Å²) < 4.78 is 27.3. The minimum absolute atomic E-state index is 0.0351. The van der Waals surface area contributed by atoms with Crippen molar-refractivity contribution in [2.45, 2.75) is 51.1 Å². The number of ether oxygens (including phenoxy) is 2. The van der Waals surface area contributed by atoms with Gasteiger partial charge in [-0.05, 0) is 61.7 Å². The second-order valence-corrected chi connectivity index (χ2v) is 10.8. The van der Waals surface area contributed by atoms with Gasteiger partial charge in [0.2, 0.25) is 0 Å². The molecule has 0 spiro atoms. The summed E-state index contributed by atoms with van der Waals surface area (Å²) in [6.07, 6.45) is 4.61. The third kappa shape index (κ3) is 6.42. The van der Waals surface area contributed by atoms with Gasteiger partial charge in [-0.1, -0.05) is 11.6 Å². The second kappa shape index (κ2) is 12.0. The molecule has 4 aromatic rings. The number of carbonyl (C=O) groups is 1. The lowest BCUT2D eigenvalue weighted by molar-refractivity contribution is -0.0592. The monoisotopic (exact) mass is 580 g/mol. The van der Waals surface area contributed by atoms with E-state index in [1.165, 1.54) is 12.1 Å². The van der Waals surface area contributed by atoms with Crippen LogP contribution < -0.4 is 10.1 Å². The number of hydrogen-bond acceptors (Lipinski definition) is 8. The molecule has 0 saturated carbocycles. The normalized spacial score (nSPS) is 17.9. The molecule has 2 aromatic carbocycles. The maximum atomic E-state index is 14.0. The van der Waals surface area contributed by atoms with E-state index >= 15 is 0 Å². The van der Waals surface area contributed by atoms with E-state index in [1.807, 2.05) is 6.07 Å². The third-order valence-electron chi connectivity index (χ3n) is 7.51. The number of aromatic carboxylic acids is 1. The molecule has 2 N–H and O–H groups in total. The van der Waals surface area contributed by atoms with E-state index in [1.54, 1.807) is 30.5 Å². The number of likely N-dealkylation sites (tertiary alicyclic amines) is 1. The molecule has 0 bridgehead atoms. The summed E-state index contributed by atoms with van der Waals surface area (Å²) in [7, 11) is 0. The average Bonchev–Trinajstić information content (AvgIpc) is 3.27. The Morgan fingerprint density at radius 2 is 1.98 bits per heavy atom. The largest absolute Gasteiger partial charge is 0.483 e. The van der Waals surface area contributed by atoms with Crippen LogP contribution >= 0.6 is 11.6 Å². The predicted molar refractivity (Wildman–Crippen MR) is 151 cm³/mol. The number of nitrogens with zero attached hydrogens (tertiary/aromatic N) is 5. The Bertz CT molecular complexity index is 1550. The number of imidazole rings is 1. The molecule has 0 aliphatic carbocycles. The number of hydrogen-bond donors (Lipinski definition) is 2. The standard InChI is InChI=1S/C29H30ClFN6O4/c30-19-2-4-25(22(31)14-19)41-17-27-32-9-5-26(35-27)33-20-6-10-36(11-7-20)16-28-34-23-3-1-18(29(38)39)13-24(23)37(28)15-21-8-12-40-21/h1-5,9,13-14,20-21H,6-8,10-12,15-17H2,(H,38,39)(H,32,33,35). The first kappa shape index (κ1) is 27.4. The molecule has 1 atom stereocenters. The van der Waals surface area contributed by atoms with E-state index in [4.69, 9.17) is 26.1 Å². The van der Waals surface area contributed by atoms with Crippen molar-refractivity contribution < 1.29 is 23.8 Å². The van der Waals surface area contributed by atoms with Crippen LogP contribution in [0.25, 0.3) is 11.0 Å². The number of fused-ring (bicyclic) bond motifs is 1. The average molecular weight is 581 g/mol. The molecule has 12 heteroatoms. The first-order chi connectivity index (χ1) is 19.9. The number of carboxylic acid groups (broad SMARTS) is 1. The quantitative estimate of drug-likeness (QED) is 0.274. The molecule has 0 radical (unpaired) electrons. The maximum Gasteiger partial charge on any atom is 0.335 e. The molecule has 6 rings (SSSR count). The van der Waals surface area contributed by atoms with Crippen molar-refractivity contribution in [3.8, 4) is 5.75 Å². The van der Waals surface area contributed by atoms with Crippen LogP contribution in [0.15, 0.2) is 48.7 Å². The van der Waals surface area contributed by atoms with E-state index < -0.39 is 11.8 Å². The lowest BCUT2D eigenvalue weighted by atomic mass is 10.1. The second-order valence-electron chi connectivity index (χ2n) is 10.3. The van der Waals surface area contributed by atoms with Gasteiger partial charge in [0, 0.05) is 37.0 Å². The van der Waals surface area contributed by atoms with Crippen LogP contribution in [0.5, 0.6) is 5.75 Å². The van der Waals surface area contributed by atoms with Gasteiger partial charge in [0.1, 0.15) is 18.2 Å². The number of carboxylic acids is 1. The van der Waals surface area contributed by atoms with Crippen LogP contribution in [-0.2, 0) is 24.4 Å². The summed E-state index contributed by atoms with van der Waals surface area (Å²) in [5.74, 6) is 0.680. The van der Waals surface area contributed by atoms with Gasteiger partial charge in [-0.2, -0.15) is 0 Å². The molecule has 10 nitrogen and oxygen atoms in total. The highest BCUT2D eigenvalue weighted by Gasteiger charge is 2.25.